The van der Waals surface area contributed by atoms with E-state index in [1.54, 1.807) is 6.07 Å². The van der Waals surface area contributed by atoms with Crippen LogP contribution in [0.15, 0.2) is 29.8 Å². The van der Waals surface area contributed by atoms with Crippen LogP contribution in [0.5, 0.6) is 0 Å². The summed E-state index contributed by atoms with van der Waals surface area (Å²) < 4.78 is 13.4. The number of pyridine rings is 1. The van der Waals surface area contributed by atoms with Crippen LogP contribution in [0.25, 0.3) is 10.9 Å². The third-order valence-corrected chi connectivity index (χ3v) is 4.65. The van der Waals surface area contributed by atoms with E-state index < -0.39 is 0 Å². The number of anilines is 1. The SMILES string of the molecule is CC1=C[C@H]2Cc3nc4cc(F)ccc4c(N)c3[C@@H](C1)C2. The summed E-state index contributed by atoms with van der Waals surface area (Å²) in [6.45, 7) is 2.20. The molecule has 20 heavy (non-hydrogen) atoms. The number of fused-ring (bicyclic) bond motifs is 5. The minimum Gasteiger partial charge on any atom is -0.398 e. The lowest BCUT2D eigenvalue weighted by molar-refractivity contribution is 0.433. The first-order chi connectivity index (χ1) is 9.61. The molecule has 0 saturated heterocycles. The molecular formula is C17H17FN2. The van der Waals surface area contributed by atoms with E-state index in [0.717, 1.165) is 29.6 Å². The predicted molar refractivity (Wildman–Crippen MR) is 79.0 cm³/mol. The highest BCUT2D eigenvalue weighted by molar-refractivity contribution is 5.92. The lowest BCUT2D eigenvalue weighted by Crippen LogP contribution is -2.24. The highest BCUT2D eigenvalue weighted by atomic mass is 19.1. The smallest absolute Gasteiger partial charge is 0.125 e. The molecule has 0 radical (unpaired) electrons. The fourth-order valence-electron chi connectivity index (χ4n) is 3.93. The minimum atomic E-state index is -0.254. The molecule has 2 nitrogen and oxygen atoms in total. The zero-order valence-electron chi connectivity index (χ0n) is 11.5. The topological polar surface area (TPSA) is 38.9 Å². The van der Waals surface area contributed by atoms with Gasteiger partial charge >= 0.3 is 0 Å². The number of allylic oxidation sites excluding steroid dienone is 2. The van der Waals surface area contributed by atoms with Crippen molar-refractivity contribution in [2.75, 3.05) is 5.73 Å². The molecule has 2 aromatic rings. The molecule has 0 amide bonds. The first-order valence-corrected chi connectivity index (χ1v) is 7.16. The summed E-state index contributed by atoms with van der Waals surface area (Å²) in [6, 6.07) is 4.70. The number of rotatable bonds is 0. The van der Waals surface area contributed by atoms with Gasteiger partial charge in [-0.1, -0.05) is 11.6 Å². The number of nitrogens with two attached hydrogens (primary N) is 1. The Balaban J connectivity index is 1.97. The van der Waals surface area contributed by atoms with Gasteiger partial charge in [-0.2, -0.15) is 0 Å². The van der Waals surface area contributed by atoms with Crippen LogP contribution in [0.4, 0.5) is 10.1 Å². The third kappa shape index (κ3) is 1.65. The second-order valence-corrected chi connectivity index (χ2v) is 6.16. The largest absolute Gasteiger partial charge is 0.398 e. The Morgan fingerprint density at radius 2 is 2.15 bits per heavy atom. The van der Waals surface area contributed by atoms with Gasteiger partial charge in [0.15, 0.2) is 0 Å². The average molecular weight is 268 g/mol. The zero-order valence-corrected chi connectivity index (χ0v) is 11.5. The van der Waals surface area contributed by atoms with Crippen LogP contribution < -0.4 is 5.73 Å². The van der Waals surface area contributed by atoms with Crippen LogP contribution in [-0.4, -0.2) is 4.98 Å². The number of aromatic nitrogens is 1. The molecular weight excluding hydrogens is 251 g/mol. The Kier molecular flexibility index (Phi) is 2.40. The van der Waals surface area contributed by atoms with E-state index >= 15 is 0 Å². The van der Waals surface area contributed by atoms with Crippen molar-refractivity contribution in [3.63, 3.8) is 0 Å². The summed E-state index contributed by atoms with van der Waals surface area (Å²) in [6.07, 6.45) is 5.54. The molecule has 1 heterocycles. The molecule has 1 aromatic carbocycles. The Morgan fingerprint density at radius 1 is 1.30 bits per heavy atom. The summed E-state index contributed by atoms with van der Waals surface area (Å²) >= 11 is 0. The molecule has 0 spiro atoms. The van der Waals surface area contributed by atoms with E-state index in [2.05, 4.69) is 13.0 Å². The first-order valence-electron chi connectivity index (χ1n) is 7.16. The van der Waals surface area contributed by atoms with Gasteiger partial charge in [-0.05, 0) is 50.2 Å². The maximum absolute atomic E-state index is 13.4. The van der Waals surface area contributed by atoms with Crippen LogP contribution in [0.1, 0.15) is 36.9 Å². The van der Waals surface area contributed by atoms with E-state index in [1.807, 2.05) is 0 Å². The summed E-state index contributed by atoms with van der Waals surface area (Å²) in [5.74, 6) is 0.797. The fourth-order valence-corrected chi connectivity index (χ4v) is 3.93. The van der Waals surface area contributed by atoms with Gasteiger partial charge in [0.05, 0.1) is 5.52 Å². The standard InChI is InChI=1S/C17H17FN2/c1-9-4-10-6-11(5-9)16-15(7-10)20-14-8-12(18)2-3-13(14)17(16)19/h2-4,8,10-11H,5-7H2,1H3,(H2,19,20)/t10-,11+/m1/s1. The van der Waals surface area contributed by atoms with Gasteiger partial charge in [0.25, 0.3) is 0 Å². The molecule has 2 N–H and O–H groups in total. The molecule has 2 bridgehead atoms. The number of hydrogen-bond acceptors (Lipinski definition) is 2. The molecule has 2 aliphatic carbocycles. The highest BCUT2D eigenvalue weighted by Gasteiger charge is 2.32. The predicted octanol–water partition coefficient (Wildman–Crippen LogP) is 3.95. The normalized spacial score (nSPS) is 24.4. The molecule has 4 rings (SSSR count). The van der Waals surface area contributed by atoms with E-state index in [4.69, 9.17) is 10.7 Å². The van der Waals surface area contributed by atoms with Gasteiger partial charge < -0.3 is 5.73 Å². The van der Waals surface area contributed by atoms with Gasteiger partial charge in [0, 0.05) is 28.4 Å². The summed E-state index contributed by atoms with van der Waals surface area (Å²) in [7, 11) is 0. The lowest BCUT2D eigenvalue weighted by atomic mass is 9.71. The summed E-state index contributed by atoms with van der Waals surface area (Å²) in [4.78, 5) is 4.70. The van der Waals surface area contributed by atoms with E-state index in [-0.39, 0.29) is 5.82 Å². The van der Waals surface area contributed by atoms with Crippen molar-refractivity contribution in [3.05, 3.63) is 46.9 Å². The fraction of sp³-hybridized carbons (Fsp3) is 0.353. The number of nitrogen functional groups attached to an aromatic ring is 1. The number of hydrogen-bond donors (Lipinski definition) is 1. The molecule has 0 aliphatic heterocycles. The Labute approximate surface area is 117 Å². The lowest BCUT2D eigenvalue weighted by Gasteiger charge is -2.35. The van der Waals surface area contributed by atoms with Crippen molar-refractivity contribution >= 4 is 16.6 Å². The van der Waals surface area contributed by atoms with Gasteiger partial charge in [0.1, 0.15) is 5.82 Å². The second kappa shape index (κ2) is 4.05. The molecule has 0 saturated carbocycles. The van der Waals surface area contributed by atoms with Crippen LogP contribution in [0.3, 0.4) is 0 Å². The van der Waals surface area contributed by atoms with Crippen LogP contribution in [0, 0.1) is 11.7 Å². The zero-order chi connectivity index (χ0) is 13.9. The maximum Gasteiger partial charge on any atom is 0.125 e. The maximum atomic E-state index is 13.4. The number of benzene rings is 1. The van der Waals surface area contributed by atoms with E-state index in [9.17, 15) is 4.39 Å². The third-order valence-electron chi connectivity index (χ3n) is 4.65. The second-order valence-electron chi connectivity index (χ2n) is 6.16. The monoisotopic (exact) mass is 268 g/mol. The first kappa shape index (κ1) is 11.9. The van der Waals surface area contributed by atoms with Crippen molar-refractivity contribution in [1.82, 2.24) is 4.98 Å². The number of nitrogens with zero attached hydrogens (tertiary/aromatic N) is 1. The Bertz CT molecular complexity index is 748. The van der Waals surface area contributed by atoms with Crippen LogP contribution in [0.2, 0.25) is 0 Å². The molecule has 0 fully saturated rings. The number of halogens is 1. The molecule has 3 heteroatoms. The van der Waals surface area contributed by atoms with E-state index in [0.29, 0.717) is 17.4 Å². The van der Waals surface area contributed by atoms with E-state index in [1.165, 1.54) is 29.7 Å². The highest BCUT2D eigenvalue weighted by Crippen LogP contribution is 2.46. The van der Waals surface area contributed by atoms with Crippen LogP contribution in [-0.2, 0) is 6.42 Å². The van der Waals surface area contributed by atoms with Crippen molar-refractivity contribution < 1.29 is 4.39 Å². The van der Waals surface area contributed by atoms with Gasteiger partial charge in [-0.25, -0.2) is 4.39 Å². The van der Waals surface area contributed by atoms with Crippen molar-refractivity contribution in [2.45, 2.75) is 32.1 Å². The van der Waals surface area contributed by atoms with Crippen molar-refractivity contribution in [3.8, 4) is 0 Å². The summed E-state index contributed by atoms with van der Waals surface area (Å²) in [5, 5.41) is 0.885. The quantitative estimate of drug-likeness (QED) is 0.735. The minimum absolute atomic E-state index is 0.254. The van der Waals surface area contributed by atoms with Gasteiger partial charge in [-0.15, -0.1) is 0 Å². The van der Waals surface area contributed by atoms with Gasteiger partial charge in [-0.3, -0.25) is 4.98 Å². The molecule has 102 valence electrons. The molecule has 1 aromatic heterocycles. The average Bonchev–Trinajstić information content (AvgIpc) is 2.36. The molecule has 2 aliphatic rings. The van der Waals surface area contributed by atoms with Crippen LogP contribution >= 0.6 is 0 Å². The molecule has 2 atom stereocenters. The van der Waals surface area contributed by atoms with Crippen molar-refractivity contribution in [1.29, 1.82) is 0 Å². The molecule has 0 unspecified atom stereocenters. The van der Waals surface area contributed by atoms with Crippen molar-refractivity contribution in [2.24, 2.45) is 5.92 Å². The Hall–Kier alpha value is -1.90. The summed E-state index contributed by atoms with van der Waals surface area (Å²) in [5.41, 5.74) is 11.6. The van der Waals surface area contributed by atoms with Gasteiger partial charge in [0.2, 0.25) is 0 Å². The Morgan fingerprint density at radius 3 is 3.00 bits per heavy atom.